The van der Waals surface area contributed by atoms with Crippen LogP contribution in [0.1, 0.15) is 28.3 Å². The first kappa shape index (κ1) is 22.2. The maximum atomic E-state index is 10.7. The molecule has 178 valence electrons. The molecule has 0 saturated carbocycles. The third-order valence-corrected chi connectivity index (χ3v) is 7.36. The molecule has 1 unspecified atom stereocenters. The highest BCUT2D eigenvalue weighted by Crippen LogP contribution is 2.39. The molecule has 1 fully saturated rings. The van der Waals surface area contributed by atoms with Gasteiger partial charge in [-0.2, -0.15) is 0 Å². The fourth-order valence-corrected chi connectivity index (χ4v) is 5.63. The highest BCUT2D eigenvalue weighted by Gasteiger charge is 2.32. The van der Waals surface area contributed by atoms with Crippen molar-refractivity contribution in [1.29, 1.82) is 0 Å². The van der Waals surface area contributed by atoms with Gasteiger partial charge in [0.1, 0.15) is 18.5 Å². The van der Waals surface area contributed by atoms with E-state index in [0.717, 1.165) is 49.3 Å². The van der Waals surface area contributed by atoms with E-state index < -0.39 is 6.10 Å². The molecule has 5 heteroatoms. The van der Waals surface area contributed by atoms with Crippen molar-refractivity contribution in [3.8, 4) is 5.75 Å². The number of piperazine rings is 1. The molecule has 1 saturated heterocycles. The van der Waals surface area contributed by atoms with Gasteiger partial charge in [-0.15, -0.1) is 0 Å². The Labute approximate surface area is 206 Å². The molecule has 2 aliphatic rings. The van der Waals surface area contributed by atoms with Crippen molar-refractivity contribution in [2.45, 2.75) is 18.6 Å². The van der Waals surface area contributed by atoms with Gasteiger partial charge in [0.15, 0.2) is 0 Å². The molecule has 1 N–H and O–H groups in total. The van der Waals surface area contributed by atoms with Crippen molar-refractivity contribution in [3.05, 3.63) is 107 Å². The molecule has 35 heavy (non-hydrogen) atoms. The SMILES string of the molecule is OC(COc1cccc2ncccc12)CN1CCN(C2c3ccccc3Cc3ccccc32)CC1. The molecule has 0 spiro atoms. The molecular weight excluding hydrogens is 434 g/mol. The summed E-state index contributed by atoms with van der Waals surface area (Å²) in [7, 11) is 0. The van der Waals surface area contributed by atoms with Crippen LogP contribution in [0.15, 0.2) is 85.1 Å². The van der Waals surface area contributed by atoms with Gasteiger partial charge < -0.3 is 9.84 Å². The molecule has 4 aromatic rings. The van der Waals surface area contributed by atoms with E-state index >= 15 is 0 Å². The van der Waals surface area contributed by atoms with Gasteiger partial charge in [0.05, 0.1) is 11.6 Å². The number of hydrogen-bond donors (Lipinski definition) is 1. The van der Waals surface area contributed by atoms with Gasteiger partial charge in [0.25, 0.3) is 0 Å². The number of rotatable bonds is 6. The first-order valence-electron chi connectivity index (χ1n) is 12.5. The highest BCUT2D eigenvalue weighted by atomic mass is 16.5. The number of aromatic nitrogens is 1. The summed E-state index contributed by atoms with van der Waals surface area (Å²) in [5.41, 5.74) is 6.67. The second-order valence-electron chi connectivity index (χ2n) is 9.60. The molecule has 0 radical (unpaired) electrons. The first-order valence-corrected chi connectivity index (χ1v) is 12.5. The normalized spacial score (nSPS) is 17.6. The molecular formula is C30H31N3O2. The number of ether oxygens (including phenoxy) is 1. The van der Waals surface area contributed by atoms with Crippen molar-refractivity contribution < 1.29 is 9.84 Å². The van der Waals surface area contributed by atoms with E-state index in [1.165, 1.54) is 22.3 Å². The fraction of sp³-hybridized carbons (Fsp3) is 0.300. The lowest BCUT2D eigenvalue weighted by atomic mass is 9.81. The summed E-state index contributed by atoms with van der Waals surface area (Å²) >= 11 is 0. The van der Waals surface area contributed by atoms with Crippen LogP contribution in [0.4, 0.5) is 0 Å². The second-order valence-corrected chi connectivity index (χ2v) is 9.60. The van der Waals surface area contributed by atoms with Crippen LogP contribution < -0.4 is 4.74 Å². The lowest BCUT2D eigenvalue weighted by Crippen LogP contribution is -2.50. The summed E-state index contributed by atoms with van der Waals surface area (Å²) in [6, 6.07) is 27.9. The van der Waals surface area contributed by atoms with Gasteiger partial charge in [-0.25, -0.2) is 0 Å². The van der Waals surface area contributed by atoms with E-state index in [2.05, 4.69) is 63.3 Å². The van der Waals surface area contributed by atoms with Crippen molar-refractivity contribution in [2.24, 2.45) is 0 Å². The van der Waals surface area contributed by atoms with Crippen LogP contribution >= 0.6 is 0 Å². The molecule has 1 aliphatic carbocycles. The third-order valence-electron chi connectivity index (χ3n) is 7.36. The Kier molecular flexibility index (Phi) is 6.21. The Morgan fingerprint density at radius 3 is 2.29 bits per heavy atom. The molecule has 0 amide bonds. The standard InChI is InChI=1S/C30H31N3O2/c34-24(21-35-29-13-5-12-28-27(29)11-6-14-31-28)20-32-15-17-33(18-16-32)30-25-9-3-1-7-22(25)19-23-8-2-4-10-26(23)30/h1-14,24,30,34H,15-21H2. The largest absolute Gasteiger partial charge is 0.490 e. The fourth-order valence-electron chi connectivity index (χ4n) is 5.63. The van der Waals surface area contributed by atoms with Gasteiger partial charge >= 0.3 is 0 Å². The minimum Gasteiger partial charge on any atom is -0.490 e. The zero-order chi connectivity index (χ0) is 23.6. The Morgan fingerprint density at radius 2 is 1.54 bits per heavy atom. The van der Waals surface area contributed by atoms with Crippen molar-refractivity contribution in [1.82, 2.24) is 14.8 Å². The van der Waals surface area contributed by atoms with E-state index in [0.29, 0.717) is 12.6 Å². The topological polar surface area (TPSA) is 48.8 Å². The maximum Gasteiger partial charge on any atom is 0.128 e. The number of nitrogens with zero attached hydrogens (tertiary/aromatic N) is 3. The van der Waals surface area contributed by atoms with Crippen LogP contribution in [0.3, 0.4) is 0 Å². The number of fused-ring (bicyclic) bond motifs is 3. The van der Waals surface area contributed by atoms with Crippen molar-refractivity contribution in [3.63, 3.8) is 0 Å². The predicted molar refractivity (Wildman–Crippen MR) is 139 cm³/mol. The lowest BCUT2D eigenvalue weighted by molar-refractivity contribution is 0.0401. The van der Waals surface area contributed by atoms with Crippen LogP contribution in [0.5, 0.6) is 5.75 Å². The molecule has 5 nitrogen and oxygen atoms in total. The first-order chi connectivity index (χ1) is 17.3. The molecule has 3 aromatic carbocycles. The van der Waals surface area contributed by atoms with Crippen LogP contribution in [-0.4, -0.2) is 65.3 Å². The van der Waals surface area contributed by atoms with Crippen LogP contribution in [0.25, 0.3) is 10.9 Å². The Morgan fingerprint density at radius 1 is 0.829 bits per heavy atom. The predicted octanol–water partition coefficient (Wildman–Crippen LogP) is 4.29. The average molecular weight is 466 g/mol. The molecule has 1 aromatic heterocycles. The molecule has 1 aliphatic heterocycles. The molecule has 2 heterocycles. The number of benzene rings is 3. The van der Waals surface area contributed by atoms with Crippen LogP contribution in [0, 0.1) is 0 Å². The second kappa shape index (κ2) is 9.78. The Balaban J connectivity index is 1.08. The van der Waals surface area contributed by atoms with E-state index in [1.54, 1.807) is 6.20 Å². The van der Waals surface area contributed by atoms with Crippen LogP contribution in [0.2, 0.25) is 0 Å². The van der Waals surface area contributed by atoms with Gasteiger partial charge in [-0.05, 0) is 52.9 Å². The summed E-state index contributed by atoms with van der Waals surface area (Å²) < 4.78 is 5.99. The molecule has 1 atom stereocenters. The zero-order valence-electron chi connectivity index (χ0n) is 19.9. The number of pyridine rings is 1. The number of β-amino-alcohol motifs (C(OH)–C–C–N with tert-alkyl or cyclic N) is 1. The summed E-state index contributed by atoms with van der Waals surface area (Å²) in [5.74, 6) is 0.772. The summed E-state index contributed by atoms with van der Waals surface area (Å²) in [6.45, 7) is 4.74. The minimum absolute atomic E-state index is 0.275. The maximum absolute atomic E-state index is 10.7. The number of aliphatic hydroxyl groups excluding tert-OH is 1. The summed E-state index contributed by atoms with van der Waals surface area (Å²) in [5, 5.41) is 11.7. The van der Waals surface area contributed by atoms with Crippen molar-refractivity contribution >= 4 is 10.9 Å². The smallest absolute Gasteiger partial charge is 0.128 e. The monoisotopic (exact) mass is 465 g/mol. The van der Waals surface area contributed by atoms with Gasteiger partial charge in [0.2, 0.25) is 0 Å². The van der Waals surface area contributed by atoms with Crippen LogP contribution in [-0.2, 0) is 6.42 Å². The van der Waals surface area contributed by atoms with Gasteiger partial charge in [-0.1, -0.05) is 54.6 Å². The Bertz CT molecular complexity index is 1270. The highest BCUT2D eigenvalue weighted by molar-refractivity contribution is 5.84. The number of hydrogen-bond acceptors (Lipinski definition) is 5. The van der Waals surface area contributed by atoms with E-state index in [-0.39, 0.29) is 6.61 Å². The molecule has 6 rings (SSSR count). The Hall–Kier alpha value is -3.25. The van der Waals surface area contributed by atoms with Gasteiger partial charge in [0, 0.05) is 44.3 Å². The van der Waals surface area contributed by atoms with Gasteiger partial charge in [-0.3, -0.25) is 14.8 Å². The van der Waals surface area contributed by atoms with E-state index in [4.69, 9.17) is 4.74 Å². The minimum atomic E-state index is -0.537. The summed E-state index contributed by atoms with van der Waals surface area (Å²) in [4.78, 5) is 9.35. The summed E-state index contributed by atoms with van der Waals surface area (Å²) in [6.07, 6.45) is 2.26. The lowest BCUT2D eigenvalue weighted by Gasteiger charge is -2.42. The average Bonchev–Trinajstić information content (AvgIpc) is 2.91. The van der Waals surface area contributed by atoms with E-state index in [1.807, 2.05) is 30.3 Å². The molecule has 0 bridgehead atoms. The number of aliphatic hydroxyl groups is 1. The van der Waals surface area contributed by atoms with E-state index in [9.17, 15) is 5.11 Å². The quantitative estimate of drug-likeness (QED) is 0.461. The zero-order valence-corrected chi connectivity index (χ0v) is 19.9. The van der Waals surface area contributed by atoms with Crippen molar-refractivity contribution in [2.75, 3.05) is 39.3 Å². The third kappa shape index (κ3) is 4.55.